The lowest BCUT2D eigenvalue weighted by Gasteiger charge is -2.33. The molecule has 20 heavy (non-hydrogen) atoms. The molecule has 1 saturated heterocycles. The maximum absolute atomic E-state index is 5.18. The highest BCUT2D eigenvalue weighted by atomic mass is 16.5. The van der Waals surface area contributed by atoms with Crippen LogP contribution in [0.3, 0.4) is 0 Å². The van der Waals surface area contributed by atoms with Crippen LogP contribution in [0.2, 0.25) is 0 Å². The summed E-state index contributed by atoms with van der Waals surface area (Å²) in [6, 6.07) is 9.01. The Bertz CT molecular complexity index is 382. The second kappa shape index (κ2) is 7.65. The third-order valence-electron chi connectivity index (χ3n) is 4.51. The van der Waals surface area contributed by atoms with E-state index in [2.05, 4.69) is 36.3 Å². The van der Waals surface area contributed by atoms with E-state index in [0.29, 0.717) is 6.04 Å². The van der Waals surface area contributed by atoms with Crippen molar-refractivity contribution in [1.29, 1.82) is 0 Å². The third kappa shape index (κ3) is 4.50. The van der Waals surface area contributed by atoms with Gasteiger partial charge in [0.05, 0.1) is 7.11 Å². The summed E-state index contributed by atoms with van der Waals surface area (Å²) in [6.07, 6.45) is 3.74. The molecule has 1 atom stereocenters. The monoisotopic (exact) mass is 276 g/mol. The fourth-order valence-corrected chi connectivity index (χ4v) is 2.93. The van der Waals surface area contributed by atoms with E-state index >= 15 is 0 Å². The predicted molar refractivity (Wildman–Crippen MR) is 84.4 cm³/mol. The molecule has 1 aliphatic heterocycles. The Morgan fingerprint density at radius 2 is 1.90 bits per heavy atom. The molecule has 0 bridgehead atoms. The minimum atomic E-state index is 0.627. The van der Waals surface area contributed by atoms with Crippen molar-refractivity contribution in [3.05, 3.63) is 29.8 Å². The molecule has 0 saturated carbocycles. The van der Waals surface area contributed by atoms with Gasteiger partial charge in [0.15, 0.2) is 0 Å². The summed E-state index contributed by atoms with van der Waals surface area (Å²) in [5.74, 6) is 1.77. The number of ether oxygens (including phenoxy) is 1. The topological polar surface area (TPSA) is 24.5 Å². The molecule has 2 rings (SSSR count). The van der Waals surface area contributed by atoms with E-state index in [1.807, 2.05) is 12.1 Å². The molecule has 0 radical (unpaired) electrons. The molecule has 0 aromatic heterocycles. The Hall–Kier alpha value is -1.06. The van der Waals surface area contributed by atoms with Gasteiger partial charge in [-0.3, -0.25) is 0 Å². The van der Waals surface area contributed by atoms with Crippen LogP contribution in [0.5, 0.6) is 5.75 Å². The first-order valence-corrected chi connectivity index (χ1v) is 7.74. The van der Waals surface area contributed by atoms with Crippen LogP contribution in [0.15, 0.2) is 24.3 Å². The van der Waals surface area contributed by atoms with E-state index in [-0.39, 0.29) is 0 Å². The number of benzene rings is 1. The van der Waals surface area contributed by atoms with Gasteiger partial charge in [0.2, 0.25) is 0 Å². The third-order valence-corrected chi connectivity index (χ3v) is 4.51. The van der Waals surface area contributed by atoms with Gasteiger partial charge >= 0.3 is 0 Å². The van der Waals surface area contributed by atoms with Gasteiger partial charge in [-0.2, -0.15) is 0 Å². The summed E-state index contributed by atoms with van der Waals surface area (Å²) in [7, 11) is 3.93. The van der Waals surface area contributed by atoms with Gasteiger partial charge < -0.3 is 15.0 Å². The molecule has 1 heterocycles. The largest absolute Gasteiger partial charge is 0.497 e. The highest BCUT2D eigenvalue weighted by Crippen LogP contribution is 2.19. The SMILES string of the molecule is COc1ccc(CCNC(C)C2CCN(C)CC2)cc1. The molecular formula is C17H28N2O. The lowest BCUT2D eigenvalue weighted by atomic mass is 9.90. The Morgan fingerprint density at radius 1 is 1.25 bits per heavy atom. The molecule has 3 heteroatoms. The summed E-state index contributed by atoms with van der Waals surface area (Å²) in [5, 5.41) is 3.69. The van der Waals surface area contributed by atoms with Crippen LogP contribution >= 0.6 is 0 Å². The molecule has 1 unspecified atom stereocenters. The maximum atomic E-state index is 5.18. The van der Waals surface area contributed by atoms with Crippen LogP contribution in [-0.2, 0) is 6.42 Å². The van der Waals surface area contributed by atoms with Crippen molar-refractivity contribution in [3.63, 3.8) is 0 Å². The number of methoxy groups -OCH3 is 1. The second-order valence-electron chi connectivity index (χ2n) is 5.98. The van der Waals surface area contributed by atoms with Crippen molar-refractivity contribution in [2.75, 3.05) is 33.8 Å². The number of hydrogen-bond donors (Lipinski definition) is 1. The zero-order valence-corrected chi connectivity index (χ0v) is 13.1. The van der Waals surface area contributed by atoms with Crippen LogP contribution in [0.4, 0.5) is 0 Å². The Labute approximate surface area is 123 Å². The molecule has 0 spiro atoms. The average molecular weight is 276 g/mol. The van der Waals surface area contributed by atoms with Crippen molar-refractivity contribution in [2.24, 2.45) is 5.92 Å². The lowest BCUT2D eigenvalue weighted by Crippen LogP contribution is -2.41. The van der Waals surface area contributed by atoms with Gasteiger partial charge in [-0.1, -0.05) is 12.1 Å². The molecule has 1 aromatic rings. The lowest BCUT2D eigenvalue weighted by molar-refractivity contribution is 0.190. The van der Waals surface area contributed by atoms with E-state index in [9.17, 15) is 0 Å². The quantitative estimate of drug-likeness (QED) is 0.864. The molecule has 3 nitrogen and oxygen atoms in total. The summed E-state index contributed by atoms with van der Waals surface area (Å²) in [4.78, 5) is 2.43. The number of likely N-dealkylation sites (tertiary alicyclic amines) is 1. The second-order valence-corrected chi connectivity index (χ2v) is 5.98. The van der Waals surface area contributed by atoms with Crippen molar-refractivity contribution < 1.29 is 4.74 Å². The standard InChI is InChI=1S/C17H28N2O/c1-14(16-9-12-19(2)13-10-16)18-11-8-15-4-6-17(20-3)7-5-15/h4-7,14,16,18H,8-13H2,1-3H3. The number of rotatable bonds is 6. The van der Waals surface area contributed by atoms with Gasteiger partial charge in [-0.25, -0.2) is 0 Å². The predicted octanol–water partition coefficient (Wildman–Crippen LogP) is 2.56. The zero-order valence-electron chi connectivity index (χ0n) is 13.1. The molecule has 1 aliphatic rings. The Balaban J connectivity index is 1.69. The molecular weight excluding hydrogens is 248 g/mol. The van der Waals surface area contributed by atoms with Crippen molar-refractivity contribution in [3.8, 4) is 5.75 Å². The minimum absolute atomic E-state index is 0.627. The summed E-state index contributed by atoms with van der Waals surface area (Å²) >= 11 is 0. The number of nitrogens with one attached hydrogen (secondary N) is 1. The minimum Gasteiger partial charge on any atom is -0.497 e. The van der Waals surface area contributed by atoms with E-state index in [1.165, 1.54) is 31.5 Å². The van der Waals surface area contributed by atoms with Gasteiger partial charge in [0, 0.05) is 6.04 Å². The molecule has 0 aliphatic carbocycles. The summed E-state index contributed by atoms with van der Waals surface area (Å²) in [6.45, 7) is 5.88. The fraction of sp³-hybridized carbons (Fsp3) is 0.647. The van der Waals surface area contributed by atoms with Crippen LogP contribution < -0.4 is 10.1 Å². The van der Waals surface area contributed by atoms with Gasteiger partial charge in [-0.05, 0) is 76.5 Å². The van der Waals surface area contributed by atoms with E-state index < -0.39 is 0 Å². The number of hydrogen-bond acceptors (Lipinski definition) is 3. The van der Waals surface area contributed by atoms with Crippen LogP contribution in [-0.4, -0.2) is 44.7 Å². The Morgan fingerprint density at radius 3 is 2.50 bits per heavy atom. The first-order chi connectivity index (χ1) is 9.69. The van der Waals surface area contributed by atoms with Crippen molar-refractivity contribution in [1.82, 2.24) is 10.2 Å². The summed E-state index contributed by atoms with van der Waals surface area (Å²) < 4.78 is 5.18. The molecule has 1 fully saturated rings. The molecule has 0 amide bonds. The van der Waals surface area contributed by atoms with Gasteiger partial charge in [-0.15, -0.1) is 0 Å². The van der Waals surface area contributed by atoms with Crippen LogP contribution in [0.25, 0.3) is 0 Å². The first-order valence-electron chi connectivity index (χ1n) is 7.74. The smallest absolute Gasteiger partial charge is 0.118 e. The molecule has 1 N–H and O–H groups in total. The highest BCUT2D eigenvalue weighted by Gasteiger charge is 2.21. The zero-order chi connectivity index (χ0) is 14.4. The normalized spacial score (nSPS) is 18.9. The average Bonchev–Trinajstić information content (AvgIpc) is 2.48. The van der Waals surface area contributed by atoms with Gasteiger partial charge in [0.1, 0.15) is 5.75 Å². The van der Waals surface area contributed by atoms with Crippen LogP contribution in [0, 0.1) is 5.92 Å². The summed E-state index contributed by atoms with van der Waals surface area (Å²) in [5.41, 5.74) is 1.37. The first kappa shape index (κ1) is 15.3. The maximum Gasteiger partial charge on any atom is 0.118 e. The molecule has 112 valence electrons. The highest BCUT2D eigenvalue weighted by molar-refractivity contribution is 5.27. The van der Waals surface area contributed by atoms with Gasteiger partial charge in [0.25, 0.3) is 0 Å². The Kier molecular flexibility index (Phi) is 5.86. The van der Waals surface area contributed by atoms with E-state index in [4.69, 9.17) is 4.74 Å². The van der Waals surface area contributed by atoms with E-state index in [0.717, 1.165) is 24.6 Å². The molecule has 1 aromatic carbocycles. The van der Waals surface area contributed by atoms with Crippen molar-refractivity contribution in [2.45, 2.75) is 32.2 Å². The van der Waals surface area contributed by atoms with E-state index in [1.54, 1.807) is 7.11 Å². The van der Waals surface area contributed by atoms with Crippen LogP contribution in [0.1, 0.15) is 25.3 Å². The fourth-order valence-electron chi connectivity index (χ4n) is 2.93. The number of piperidine rings is 1. The van der Waals surface area contributed by atoms with Crippen molar-refractivity contribution >= 4 is 0 Å². The number of nitrogens with zero attached hydrogens (tertiary/aromatic N) is 1.